The molecule has 0 bridgehead atoms. The first-order chi connectivity index (χ1) is 8.18. The summed E-state index contributed by atoms with van der Waals surface area (Å²) >= 11 is 0. The maximum Gasteiger partial charge on any atom is 0.279 e. The van der Waals surface area contributed by atoms with Crippen LogP contribution in [0.2, 0.25) is 0 Å². The van der Waals surface area contributed by atoms with Crippen molar-refractivity contribution < 1.29 is 13.2 Å². The second kappa shape index (κ2) is 5.54. The highest BCUT2D eigenvalue weighted by Crippen LogP contribution is 2.02. The van der Waals surface area contributed by atoms with Crippen molar-refractivity contribution in [3.63, 3.8) is 0 Å². The second-order valence-electron chi connectivity index (χ2n) is 3.59. The number of nitrogens with zero attached hydrogens (tertiary/aromatic N) is 3. The highest BCUT2D eigenvalue weighted by atomic mass is 32.2. The summed E-state index contributed by atoms with van der Waals surface area (Å²) in [6.07, 6.45) is 1.88. The monoisotopic (exact) mass is 261 g/mol. The summed E-state index contributed by atoms with van der Waals surface area (Å²) in [6.45, 7) is 2.00. The predicted molar refractivity (Wildman–Crippen MR) is 59.4 cm³/mol. The van der Waals surface area contributed by atoms with E-state index in [2.05, 4.69) is 19.9 Å². The van der Waals surface area contributed by atoms with Gasteiger partial charge in [0.1, 0.15) is 12.2 Å². The summed E-state index contributed by atoms with van der Waals surface area (Å²) in [4.78, 5) is 3.91. The van der Waals surface area contributed by atoms with Crippen molar-refractivity contribution >= 4 is 10.2 Å². The highest BCUT2D eigenvalue weighted by molar-refractivity contribution is 7.87. The Hall–Kier alpha value is -1.03. The molecule has 0 amide bonds. The van der Waals surface area contributed by atoms with Crippen LogP contribution in [0, 0.1) is 0 Å². The Morgan fingerprint density at radius 2 is 2.24 bits per heavy atom. The van der Waals surface area contributed by atoms with Gasteiger partial charge in [0.2, 0.25) is 0 Å². The number of hydrogen-bond acceptors (Lipinski definition) is 5. The first-order valence-corrected chi connectivity index (χ1v) is 6.79. The Balaban J connectivity index is 1.80. The molecule has 1 saturated heterocycles. The van der Waals surface area contributed by atoms with Crippen molar-refractivity contribution in [2.75, 3.05) is 32.8 Å². The molecular weight excluding hydrogens is 246 g/mol. The lowest BCUT2D eigenvalue weighted by Crippen LogP contribution is -2.47. The summed E-state index contributed by atoms with van der Waals surface area (Å²) in [5, 5.41) is 6.36. The van der Waals surface area contributed by atoms with Gasteiger partial charge in [0, 0.05) is 26.1 Å². The number of rotatable bonds is 5. The fourth-order valence-electron chi connectivity index (χ4n) is 1.53. The molecule has 0 unspecified atom stereocenters. The third-order valence-electron chi connectivity index (χ3n) is 2.42. The molecule has 0 aliphatic carbocycles. The molecule has 9 heteroatoms. The van der Waals surface area contributed by atoms with Gasteiger partial charge in [0.25, 0.3) is 10.2 Å². The number of aromatic nitrogens is 3. The molecule has 1 aromatic heterocycles. The molecule has 0 radical (unpaired) electrons. The summed E-state index contributed by atoms with van der Waals surface area (Å²) < 4.78 is 32.7. The average molecular weight is 261 g/mol. The van der Waals surface area contributed by atoms with E-state index in [0.29, 0.717) is 45.1 Å². The second-order valence-corrected chi connectivity index (χ2v) is 5.35. The highest BCUT2D eigenvalue weighted by Gasteiger charge is 2.23. The molecule has 2 N–H and O–H groups in total. The third kappa shape index (κ3) is 3.46. The molecule has 0 spiro atoms. The molecule has 2 rings (SSSR count). The lowest BCUT2D eigenvalue weighted by Gasteiger charge is -2.25. The van der Waals surface area contributed by atoms with Crippen molar-refractivity contribution in [1.29, 1.82) is 0 Å². The van der Waals surface area contributed by atoms with E-state index in [1.54, 1.807) is 0 Å². The summed E-state index contributed by atoms with van der Waals surface area (Å²) in [5.41, 5.74) is 0. The molecule has 1 fully saturated rings. The molecular formula is C8H15N5O3S. The molecule has 1 aromatic rings. The van der Waals surface area contributed by atoms with Crippen LogP contribution in [0.15, 0.2) is 6.33 Å². The molecule has 0 atom stereocenters. The number of H-pyrrole nitrogens is 1. The Morgan fingerprint density at radius 3 is 2.88 bits per heavy atom. The van der Waals surface area contributed by atoms with Crippen LogP contribution < -0.4 is 4.72 Å². The molecule has 0 aromatic carbocycles. The Kier molecular flexibility index (Phi) is 4.05. The van der Waals surface area contributed by atoms with Crippen molar-refractivity contribution in [2.45, 2.75) is 6.42 Å². The minimum Gasteiger partial charge on any atom is -0.379 e. The number of morpholine rings is 1. The maximum absolute atomic E-state index is 11.8. The van der Waals surface area contributed by atoms with Crippen molar-refractivity contribution in [1.82, 2.24) is 24.2 Å². The molecule has 8 nitrogen and oxygen atoms in total. The normalized spacial score (nSPS) is 18.4. The van der Waals surface area contributed by atoms with Crippen LogP contribution in [0.4, 0.5) is 0 Å². The topological polar surface area (TPSA) is 100 Å². The van der Waals surface area contributed by atoms with E-state index < -0.39 is 10.2 Å². The zero-order valence-electron chi connectivity index (χ0n) is 9.29. The van der Waals surface area contributed by atoms with Crippen LogP contribution in [0.25, 0.3) is 0 Å². The standard InChI is InChI=1S/C8H15N5O3S/c14-17(15,13-3-5-16-6-4-13)11-2-1-8-9-7-10-12-8/h7,11H,1-6H2,(H,9,10,12). The largest absolute Gasteiger partial charge is 0.379 e. The minimum atomic E-state index is -3.40. The third-order valence-corrected chi connectivity index (χ3v) is 4.04. The number of nitrogens with one attached hydrogen (secondary N) is 2. The molecule has 1 aliphatic heterocycles. The van der Waals surface area contributed by atoms with E-state index in [-0.39, 0.29) is 0 Å². The lowest BCUT2D eigenvalue weighted by molar-refractivity contribution is 0.0725. The SMILES string of the molecule is O=S(=O)(NCCc1ncn[nH]1)N1CCOCC1. The smallest absolute Gasteiger partial charge is 0.279 e. The van der Waals surface area contributed by atoms with E-state index in [1.165, 1.54) is 10.6 Å². The van der Waals surface area contributed by atoms with Gasteiger partial charge in [0.15, 0.2) is 0 Å². The molecule has 1 aliphatic rings. The number of ether oxygens (including phenoxy) is 1. The van der Waals surface area contributed by atoms with Gasteiger partial charge >= 0.3 is 0 Å². The molecule has 17 heavy (non-hydrogen) atoms. The summed E-state index contributed by atoms with van der Waals surface area (Å²) in [7, 11) is -3.40. The van der Waals surface area contributed by atoms with Gasteiger partial charge in [-0.15, -0.1) is 0 Å². The van der Waals surface area contributed by atoms with E-state index in [4.69, 9.17) is 4.74 Å². The van der Waals surface area contributed by atoms with Crippen LogP contribution in [-0.4, -0.2) is 60.8 Å². The minimum absolute atomic E-state index is 0.300. The van der Waals surface area contributed by atoms with Crippen LogP contribution in [0.3, 0.4) is 0 Å². The Morgan fingerprint density at radius 1 is 1.47 bits per heavy atom. The Bertz CT molecular complexity index is 426. The van der Waals surface area contributed by atoms with Gasteiger partial charge in [-0.05, 0) is 0 Å². The lowest BCUT2D eigenvalue weighted by atomic mass is 10.4. The van der Waals surface area contributed by atoms with E-state index in [9.17, 15) is 8.42 Å². The van der Waals surface area contributed by atoms with Crippen LogP contribution in [0.1, 0.15) is 5.82 Å². The van der Waals surface area contributed by atoms with Gasteiger partial charge in [-0.1, -0.05) is 0 Å². The van der Waals surface area contributed by atoms with Gasteiger partial charge < -0.3 is 4.74 Å². The van der Waals surface area contributed by atoms with Gasteiger partial charge in [-0.2, -0.15) is 17.8 Å². The van der Waals surface area contributed by atoms with E-state index >= 15 is 0 Å². The van der Waals surface area contributed by atoms with Crippen molar-refractivity contribution in [3.05, 3.63) is 12.2 Å². The Labute approximate surface area is 99.6 Å². The maximum atomic E-state index is 11.8. The summed E-state index contributed by atoms with van der Waals surface area (Å²) in [5.74, 6) is 0.662. The fourth-order valence-corrected chi connectivity index (χ4v) is 2.70. The van der Waals surface area contributed by atoms with Crippen LogP contribution in [-0.2, 0) is 21.4 Å². The van der Waals surface area contributed by atoms with Crippen LogP contribution >= 0.6 is 0 Å². The number of aromatic amines is 1. The fraction of sp³-hybridized carbons (Fsp3) is 0.750. The predicted octanol–water partition coefficient (Wildman–Crippen LogP) is -1.49. The zero-order chi connectivity index (χ0) is 12.1. The first-order valence-electron chi connectivity index (χ1n) is 5.35. The quantitative estimate of drug-likeness (QED) is 0.673. The first kappa shape index (κ1) is 12.4. The van der Waals surface area contributed by atoms with Gasteiger partial charge in [-0.3, -0.25) is 5.10 Å². The number of hydrogen-bond donors (Lipinski definition) is 2. The van der Waals surface area contributed by atoms with Gasteiger partial charge in [0.05, 0.1) is 13.2 Å². The summed E-state index contributed by atoms with van der Waals surface area (Å²) in [6, 6.07) is 0. The average Bonchev–Trinajstić information content (AvgIpc) is 2.83. The zero-order valence-corrected chi connectivity index (χ0v) is 10.1. The van der Waals surface area contributed by atoms with E-state index in [0.717, 1.165) is 0 Å². The molecule has 96 valence electrons. The van der Waals surface area contributed by atoms with Crippen molar-refractivity contribution in [2.24, 2.45) is 0 Å². The molecule has 0 saturated carbocycles. The van der Waals surface area contributed by atoms with Crippen molar-refractivity contribution in [3.8, 4) is 0 Å². The van der Waals surface area contributed by atoms with Gasteiger partial charge in [-0.25, -0.2) is 9.71 Å². The van der Waals surface area contributed by atoms with Crippen LogP contribution in [0.5, 0.6) is 0 Å². The molecule has 2 heterocycles. The van der Waals surface area contributed by atoms with E-state index in [1.807, 2.05) is 0 Å².